The molecule has 0 unspecified atom stereocenters. The highest BCUT2D eigenvalue weighted by Crippen LogP contribution is 2.17. The first-order valence-corrected chi connectivity index (χ1v) is 9.79. The molecule has 0 atom stereocenters. The van der Waals surface area contributed by atoms with Crippen molar-refractivity contribution in [3.63, 3.8) is 0 Å². The number of hydrogen-bond donors (Lipinski definition) is 2. The van der Waals surface area contributed by atoms with Crippen LogP contribution in [0.15, 0.2) is 53.4 Å². The van der Waals surface area contributed by atoms with Gasteiger partial charge in [-0.05, 0) is 24.3 Å². The Balaban J connectivity index is 1.67. The number of carbonyl (C=O) groups is 1. The lowest BCUT2D eigenvalue weighted by molar-refractivity contribution is 0.102. The monoisotopic (exact) mass is 410 g/mol. The number of aromatic nitrogens is 2. The van der Waals surface area contributed by atoms with E-state index in [4.69, 9.17) is 0 Å². The first-order chi connectivity index (χ1) is 12.9. The van der Waals surface area contributed by atoms with E-state index in [-0.39, 0.29) is 22.2 Å². The predicted octanol–water partition coefficient (Wildman–Crippen LogP) is 2.55. The summed E-state index contributed by atoms with van der Waals surface area (Å²) in [6, 6.07) is 10.6. The normalized spacial score (nSPS) is 11.3. The van der Waals surface area contributed by atoms with Gasteiger partial charge in [0.15, 0.2) is 0 Å². The van der Waals surface area contributed by atoms with Gasteiger partial charge in [0.1, 0.15) is 21.5 Å². The third kappa shape index (κ3) is 4.51. The van der Waals surface area contributed by atoms with Crippen molar-refractivity contribution >= 4 is 33.0 Å². The molecule has 0 bridgehead atoms. The van der Waals surface area contributed by atoms with Crippen molar-refractivity contribution in [2.24, 2.45) is 0 Å². The van der Waals surface area contributed by atoms with E-state index in [1.165, 1.54) is 30.3 Å². The highest BCUT2D eigenvalue weighted by Gasteiger charge is 2.20. The summed E-state index contributed by atoms with van der Waals surface area (Å²) in [7, 11) is -4.09. The smallest absolute Gasteiger partial charge is 0.286 e. The summed E-state index contributed by atoms with van der Waals surface area (Å²) in [5, 5.41) is 9.84. The third-order valence-electron chi connectivity index (χ3n) is 3.32. The van der Waals surface area contributed by atoms with Gasteiger partial charge >= 0.3 is 0 Å². The lowest BCUT2D eigenvalue weighted by Crippen LogP contribution is -2.24. The van der Waals surface area contributed by atoms with E-state index >= 15 is 0 Å². The Morgan fingerprint density at radius 1 is 1.00 bits per heavy atom. The maximum absolute atomic E-state index is 13.6. The molecular weight excluding hydrogens is 398 g/mol. The van der Waals surface area contributed by atoms with Gasteiger partial charge in [0.05, 0.1) is 12.2 Å². The van der Waals surface area contributed by atoms with Crippen molar-refractivity contribution in [2.75, 3.05) is 5.32 Å². The molecule has 1 heterocycles. The van der Waals surface area contributed by atoms with E-state index in [0.717, 1.165) is 23.5 Å². The molecule has 3 rings (SSSR count). The minimum atomic E-state index is -4.09. The summed E-state index contributed by atoms with van der Waals surface area (Å²) >= 11 is 0.829. The largest absolute Gasteiger partial charge is 0.317 e. The number of anilines is 1. The van der Waals surface area contributed by atoms with Crippen molar-refractivity contribution in [1.82, 2.24) is 14.9 Å². The quantitative estimate of drug-likeness (QED) is 0.650. The number of benzene rings is 2. The molecule has 140 valence electrons. The topological polar surface area (TPSA) is 101 Å². The zero-order valence-electron chi connectivity index (χ0n) is 13.5. The van der Waals surface area contributed by atoms with E-state index in [1.54, 1.807) is 6.07 Å². The number of sulfonamides is 1. The molecule has 0 aliphatic rings. The first kappa shape index (κ1) is 19.0. The maximum Gasteiger partial charge on any atom is 0.286 e. The van der Waals surface area contributed by atoms with Gasteiger partial charge in [-0.2, -0.15) is 0 Å². The van der Waals surface area contributed by atoms with Crippen molar-refractivity contribution in [3.8, 4) is 0 Å². The predicted molar refractivity (Wildman–Crippen MR) is 94.7 cm³/mol. The summed E-state index contributed by atoms with van der Waals surface area (Å²) in [4.78, 5) is 11.6. The van der Waals surface area contributed by atoms with Crippen LogP contribution < -0.4 is 10.0 Å². The molecule has 2 N–H and O–H groups in total. The van der Waals surface area contributed by atoms with Gasteiger partial charge in [-0.25, -0.2) is 21.9 Å². The lowest BCUT2D eigenvalue weighted by atomic mass is 10.3. The number of para-hydroxylation sites is 1. The molecule has 0 aliphatic carbocycles. The van der Waals surface area contributed by atoms with Crippen LogP contribution in [0, 0.1) is 11.6 Å². The molecule has 0 spiro atoms. The Bertz CT molecular complexity index is 1090. The standard InChI is InChI=1S/C16H12F2N4O3S2/c17-10-5-1-3-7-12(10)20-15(23)16-22-21-14(26-16)9-19-27(24,25)13-8-4-2-6-11(13)18/h1-8,19H,9H2,(H,20,23). The van der Waals surface area contributed by atoms with Crippen LogP contribution in [0.4, 0.5) is 14.5 Å². The van der Waals surface area contributed by atoms with Crippen molar-refractivity contribution in [3.05, 3.63) is 70.2 Å². The van der Waals surface area contributed by atoms with Gasteiger partial charge in [-0.15, -0.1) is 10.2 Å². The molecule has 2 aromatic carbocycles. The van der Waals surface area contributed by atoms with Crippen LogP contribution in [0.2, 0.25) is 0 Å². The number of hydrogen-bond acceptors (Lipinski definition) is 6. The Hall–Kier alpha value is -2.76. The van der Waals surface area contributed by atoms with Crippen LogP contribution in [0.25, 0.3) is 0 Å². The second-order valence-electron chi connectivity index (χ2n) is 5.19. The summed E-state index contributed by atoms with van der Waals surface area (Å²) in [5.41, 5.74) is -0.0143. The molecule has 27 heavy (non-hydrogen) atoms. The minimum absolute atomic E-state index is 0.0143. The van der Waals surface area contributed by atoms with Crippen molar-refractivity contribution in [2.45, 2.75) is 11.4 Å². The summed E-state index contributed by atoms with van der Waals surface area (Å²) < 4.78 is 53.6. The number of nitrogens with one attached hydrogen (secondary N) is 2. The van der Waals surface area contributed by atoms with Crippen LogP contribution in [0.1, 0.15) is 14.8 Å². The molecule has 7 nitrogen and oxygen atoms in total. The van der Waals surface area contributed by atoms with Gasteiger partial charge in [-0.1, -0.05) is 35.6 Å². The van der Waals surface area contributed by atoms with Gasteiger partial charge < -0.3 is 5.32 Å². The fourth-order valence-corrected chi connectivity index (χ4v) is 3.88. The molecular formula is C16H12F2N4O3S2. The van der Waals surface area contributed by atoms with Crippen LogP contribution in [0.5, 0.6) is 0 Å². The van der Waals surface area contributed by atoms with Crippen LogP contribution >= 0.6 is 11.3 Å². The number of carbonyl (C=O) groups excluding carboxylic acids is 1. The Labute approximate surface area is 157 Å². The average Bonchev–Trinajstić information content (AvgIpc) is 3.11. The Morgan fingerprint density at radius 3 is 2.37 bits per heavy atom. The number of nitrogens with zero attached hydrogens (tertiary/aromatic N) is 2. The van der Waals surface area contributed by atoms with Crippen molar-refractivity contribution < 1.29 is 22.0 Å². The summed E-state index contributed by atoms with van der Waals surface area (Å²) in [5.74, 6) is -2.17. The van der Waals surface area contributed by atoms with Gasteiger partial charge in [0.25, 0.3) is 5.91 Å². The number of halogens is 2. The molecule has 1 aromatic heterocycles. The van der Waals surface area contributed by atoms with Gasteiger partial charge in [-0.3, -0.25) is 4.79 Å². The molecule has 3 aromatic rings. The maximum atomic E-state index is 13.6. The van der Waals surface area contributed by atoms with Crippen molar-refractivity contribution in [1.29, 1.82) is 0 Å². The second kappa shape index (κ2) is 7.86. The SMILES string of the molecule is O=C(Nc1ccccc1F)c1nnc(CNS(=O)(=O)c2ccccc2F)s1. The third-order valence-corrected chi connectivity index (χ3v) is 5.68. The average molecular weight is 410 g/mol. The minimum Gasteiger partial charge on any atom is -0.317 e. The fourth-order valence-electron chi connectivity index (χ4n) is 2.05. The van der Waals surface area contributed by atoms with E-state index in [2.05, 4.69) is 20.2 Å². The molecule has 11 heteroatoms. The second-order valence-corrected chi connectivity index (χ2v) is 7.99. The number of amides is 1. The zero-order chi connectivity index (χ0) is 19.4. The molecule has 0 saturated heterocycles. The zero-order valence-corrected chi connectivity index (χ0v) is 15.2. The highest BCUT2D eigenvalue weighted by atomic mass is 32.2. The Kier molecular flexibility index (Phi) is 5.54. The van der Waals surface area contributed by atoms with Crippen LogP contribution in [-0.2, 0) is 16.6 Å². The Morgan fingerprint density at radius 2 is 1.67 bits per heavy atom. The lowest BCUT2D eigenvalue weighted by Gasteiger charge is -2.05. The van der Waals surface area contributed by atoms with Crippen LogP contribution in [0.3, 0.4) is 0 Å². The molecule has 0 saturated carbocycles. The van der Waals surface area contributed by atoms with E-state index in [9.17, 15) is 22.0 Å². The molecule has 0 aliphatic heterocycles. The number of rotatable bonds is 6. The highest BCUT2D eigenvalue weighted by molar-refractivity contribution is 7.89. The molecule has 0 radical (unpaired) electrons. The van der Waals surface area contributed by atoms with Crippen LogP contribution in [-0.4, -0.2) is 24.5 Å². The first-order valence-electron chi connectivity index (χ1n) is 7.49. The fraction of sp³-hybridized carbons (Fsp3) is 0.0625. The molecule has 0 fully saturated rings. The van der Waals surface area contributed by atoms with Gasteiger partial charge in [0, 0.05) is 0 Å². The van der Waals surface area contributed by atoms with Gasteiger partial charge in [0.2, 0.25) is 15.0 Å². The van der Waals surface area contributed by atoms with E-state index in [1.807, 2.05) is 0 Å². The van der Waals surface area contributed by atoms with E-state index in [0.29, 0.717) is 0 Å². The molecule has 1 amide bonds. The summed E-state index contributed by atoms with van der Waals surface area (Å²) in [6.07, 6.45) is 0. The van der Waals surface area contributed by atoms with E-state index < -0.39 is 32.5 Å². The summed E-state index contributed by atoms with van der Waals surface area (Å²) in [6.45, 7) is -0.276.